The third-order valence-electron chi connectivity index (χ3n) is 5.23. The molecule has 1 aliphatic rings. The second-order valence-electron chi connectivity index (χ2n) is 7.18. The molecule has 4 rings (SSSR count). The van der Waals surface area contributed by atoms with E-state index in [1.165, 1.54) is 6.07 Å². The lowest BCUT2D eigenvalue weighted by Crippen LogP contribution is -2.29. The summed E-state index contributed by atoms with van der Waals surface area (Å²) >= 11 is 0. The van der Waals surface area contributed by atoms with Crippen molar-refractivity contribution in [3.63, 3.8) is 0 Å². The molecule has 5 heteroatoms. The first-order chi connectivity index (χ1) is 13.1. The first-order valence-electron chi connectivity index (χ1n) is 9.25. The van der Waals surface area contributed by atoms with Crippen molar-refractivity contribution in [2.45, 2.75) is 19.8 Å². The SMILES string of the molecule is Cc1cc(CC2CCN(C(=O)c3ccccc3-c3ncc[nH]3)C2)ccc1F. The number of rotatable bonds is 4. The zero-order chi connectivity index (χ0) is 18.8. The van der Waals surface area contributed by atoms with E-state index in [4.69, 9.17) is 0 Å². The summed E-state index contributed by atoms with van der Waals surface area (Å²) in [7, 11) is 0. The quantitative estimate of drug-likeness (QED) is 0.754. The fraction of sp³-hybridized carbons (Fsp3) is 0.273. The largest absolute Gasteiger partial charge is 0.345 e. The minimum Gasteiger partial charge on any atom is -0.345 e. The number of aromatic nitrogens is 2. The molecular weight excluding hydrogens is 341 g/mol. The van der Waals surface area contributed by atoms with Crippen molar-refractivity contribution in [2.75, 3.05) is 13.1 Å². The van der Waals surface area contributed by atoms with Gasteiger partial charge >= 0.3 is 0 Å². The zero-order valence-corrected chi connectivity index (χ0v) is 15.3. The van der Waals surface area contributed by atoms with Gasteiger partial charge in [0.25, 0.3) is 5.91 Å². The van der Waals surface area contributed by atoms with Crippen LogP contribution >= 0.6 is 0 Å². The van der Waals surface area contributed by atoms with Crippen molar-refractivity contribution in [1.82, 2.24) is 14.9 Å². The lowest BCUT2D eigenvalue weighted by molar-refractivity contribution is 0.0788. The molecule has 1 atom stereocenters. The molecule has 1 unspecified atom stereocenters. The minimum atomic E-state index is -0.170. The van der Waals surface area contributed by atoms with Crippen LogP contribution in [0.4, 0.5) is 4.39 Å². The van der Waals surface area contributed by atoms with Crippen LogP contribution in [-0.4, -0.2) is 33.9 Å². The Labute approximate surface area is 158 Å². The summed E-state index contributed by atoms with van der Waals surface area (Å²) in [6, 6.07) is 12.9. The van der Waals surface area contributed by atoms with E-state index in [0.717, 1.165) is 37.1 Å². The first kappa shape index (κ1) is 17.5. The number of hydrogen-bond acceptors (Lipinski definition) is 2. The molecule has 1 fully saturated rings. The summed E-state index contributed by atoms with van der Waals surface area (Å²) in [5, 5.41) is 0. The van der Waals surface area contributed by atoms with Gasteiger partial charge in [0, 0.05) is 31.0 Å². The average Bonchev–Trinajstić information content (AvgIpc) is 3.36. The molecule has 4 nitrogen and oxygen atoms in total. The Morgan fingerprint density at radius 3 is 2.93 bits per heavy atom. The van der Waals surface area contributed by atoms with Crippen LogP contribution in [0.25, 0.3) is 11.4 Å². The predicted molar refractivity (Wildman–Crippen MR) is 103 cm³/mol. The zero-order valence-electron chi connectivity index (χ0n) is 15.3. The summed E-state index contributed by atoms with van der Waals surface area (Å²) in [5.41, 5.74) is 3.30. The number of aryl methyl sites for hydroxylation is 1. The normalized spacial score (nSPS) is 16.7. The van der Waals surface area contributed by atoms with Crippen LogP contribution < -0.4 is 0 Å². The van der Waals surface area contributed by atoms with Gasteiger partial charge in [-0.1, -0.05) is 30.3 Å². The van der Waals surface area contributed by atoms with E-state index < -0.39 is 0 Å². The molecule has 27 heavy (non-hydrogen) atoms. The van der Waals surface area contributed by atoms with Gasteiger partial charge < -0.3 is 9.88 Å². The third kappa shape index (κ3) is 3.63. The fourth-order valence-electron chi connectivity index (χ4n) is 3.81. The maximum absolute atomic E-state index is 13.5. The summed E-state index contributed by atoms with van der Waals surface area (Å²) in [4.78, 5) is 22.4. The number of H-pyrrole nitrogens is 1. The van der Waals surface area contributed by atoms with E-state index in [0.29, 0.717) is 22.9 Å². The third-order valence-corrected chi connectivity index (χ3v) is 5.23. The van der Waals surface area contributed by atoms with Gasteiger partial charge in [0.2, 0.25) is 0 Å². The van der Waals surface area contributed by atoms with Crippen molar-refractivity contribution in [1.29, 1.82) is 0 Å². The second kappa shape index (κ2) is 7.35. The van der Waals surface area contributed by atoms with Crippen molar-refractivity contribution < 1.29 is 9.18 Å². The minimum absolute atomic E-state index is 0.0415. The maximum atomic E-state index is 13.5. The molecule has 3 aromatic rings. The standard InChI is InChI=1S/C22H22FN3O/c1-15-12-16(6-7-20(15)23)13-17-8-11-26(14-17)22(27)19-5-3-2-4-18(19)21-24-9-10-25-21/h2-7,9-10,12,17H,8,11,13-14H2,1H3,(H,24,25). The molecule has 2 aromatic carbocycles. The maximum Gasteiger partial charge on any atom is 0.254 e. The molecule has 0 radical (unpaired) electrons. The van der Waals surface area contributed by atoms with E-state index in [9.17, 15) is 9.18 Å². The molecule has 2 heterocycles. The van der Waals surface area contributed by atoms with E-state index in [-0.39, 0.29) is 11.7 Å². The highest BCUT2D eigenvalue weighted by atomic mass is 19.1. The molecule has 0 spiro atoms. The van der Waals surface area contributed by atoms with Gasteiger partial charge in [-0.25, -0.2) is 9.37 Å². The Bertz CT molecular complexity index is 952. The van der Waals surface area contributed by atoms with Gasteiger partial charge in [-0.2, -0.15) is 0 Å². The molecule has 1 N–H and O–H groups in total. The smallest absolute Gasteiger partial charge is 0.254 e. The van der Waals surface area contributed by atoms with Crippen LogP contribution in [0.15, 0.2) is 54.9 Å². The van der Waals surface area contributed by atoms with E-state index >= 15 is 0 Å². The molecular formula is C22H22FN3O. The molecule has 138 valence electrons. The van der Waals surface area contributed by atoms with Gasteiger partial charge in [-0.3, -0.25) is 4.79 Å². The average molecular weight is 363 g/mol. The van der Waals surface area contributed by atoms with Crippen molar-refractivity contribution >= 4 is 5.91 Å². The molecule has 1 amide bonds. The van der Waals surface area contributed by atoms with Crippen molar-refractivity contribution in [2.24, 2.45) is 5.92 Å². The van der Waals surface area contributed by atoms with Crippen LogP contribution in [0.5, 0.6) is 0 Å². The van der Waals surface area contributed by atoms with E-state index in [1.807, 2.05) is 41.3 Å². The van der Waals surface area contributed by atoms with Gasteiger partial charge in [-0.15, -0.1) is 0 Å². The van der Waals surface area contributed by atoms with Crippen LogP contribution in [0.2, 0.25) is 0 Å². The number of carbonyl (C=O) groups is 1. The van der Waals surface area contributed by atoms with E-state index in [1.54, 1.807) is 19.3 Å². The Morgan fingerprint density at radius 1 is 1.30 bits per heavy atom. The molecule has 1 aromatic heterocycles. The van der Waals surface area contributed by atoms with Crippen LogP contribution in [0, 0.1) is 18.7 Å². The molecule has 1 saturated heterocycles. The number of benzene rings is 2. The highest BCUT2D eigenvalue weighted by Gasteiger charge is 2.28. The Kier molecular flexibility index (Phi) is 4.75. The number of amides is 1. The van der Waals surface area contributed by atoms with Crippen LogP contribution in [-0.2, 0) is 6.42 Å². The molecule has 0 bridgehead atoms. The number of nitrogens with zero attached hydrogens (tertiary/aromatic N) is 2. The second-order valence-corrected chi connectivity index (χ2v) is 7.18. The van der Waals surface area contributed by atoms with Crippen LogP contribution in [0.1, 0.15) is 27.9 Å². The summed E-state index contributed by atoms with van der Waals surface area (Å²) in [6.07, 6.45) is 5.27. The Hall–Kier alpha value is -2.95. The predicted octanol–water partition coefficient (Wildman–Crippen LogP) is 4.23. The number of halogens is 1. The van der Waals surface area contributed by atoms with Gasteiger partial charge in [0.1, 0.15) is 11.6 Å². The molecule has 0 saturated carbocycles. The topological polar surface area (TPSA) is 49.0 Å². The van der Waals surface area contributed by atoms with Crippen molar-refractivity contribution in [3.05, 3.63) is 77.4 Å². The summed E-state index contributed by atoms with van der Waals surface area (Å²) < 4.78 is 13.5. The Morgan fingerprint density at radius 2 is 2.15 bits per heavy atom. The first-order valence-corrected chi connectivity index (χ1v) is 9.25. The van der Waals surface area contributed by atoms with Crippen molar-refractivity contribution in [3.8, 4) is 11.4 Å². The lowest BCUT2D eigenvalue weighted by Gasteiger charge is -2.18. The number of nitrogens with one attached hydrogen (secondary N) is 1. The molecule has 0 aliphatic carbocycles. The van der Waals surface area contributed by atoms with Gasteiger partial charge in [0.15, 0.2) is 0 Å². The number of likely N-dealkylation sites (tertiary alicyclic amines) is 1. The van der Waals surface area contributed by atoms with Crippen LogP contribution in [0.3, 0.4) is 0 Å². The molecule has 1 aliphatic heterocycles. The fourth-order valence-corrected chi connectivity index (χ4v) is 3.81. The number of imidazole rings is 1. The highest BCUT2D eigenvalue weighted by Crippen LogP contribution is 2.26. The lowest BCUT2D eigenvalue weighted by atomic mass is 9.97. The van der Waals surface area contributed by atoms with Gasteiger partial charge in [0.05, 0.1) is 5.56 Å². The Balaban J connectivity index is 1.48. The number of hydrogen-bond donors (Lipinski definition) is 1. The highest BCUT2D eigenvalue weighted by molar-refractivity contribution is 6.00. The number of aromatic amines is 1. The monoisotopic (exact) mass is 363 g/mol. The number of carbonyl (C=O) groups excluding carboxylic acids is 1. The van der Waals surface area contributed by atoms with E-state index in [2.05, 4.69) is 9.97 Å². The summed E-state index contributed by atoms with van der Waals surface area (Å²) in [5.74, 6) is 0.974. The summed E-state index contributed by atoms with van der Waals surface area (Å²) in [6.45, 7) is 3.26. The van der Waals surface area contributed by atoms with Gasteiger partial charge in [-0.05, 0) is 48.9 Å².